The number of hydrogen-bond acceptors (Lipinski definition) is 5. The number of hydrogen-bond donors (Lipinski definition) is 1. The van der Waals surface area contributed by atoms with E-state index in [4.69, 9.17) is 6.42 Å². The highest BCUT2D eigenvalue weighted by Crippen LogP contribution is 2.18. The Morgan fingerprint density at radius 3 is 2.65 bits per heavy atom. The van der Waals surface area contributed by atoms with Crippen molar-refractivity contribution in [1.82, 2.24) is 15.0 Å². The number of nitro benzene ring substituents is 1. The second-order valence-electron chi connectivity index (χ2n) is 5.39. The molecule has 1 amide bonds. The summed E-state index contributed by atoms with van der Waals surface area (Å²) in [5.74, 6) is 2.07. The lowest BCUT2D eigenvalue weighted by Crippen LogP contribution is -2.14. The number of rotatable bonds is 4. The lowest BCUT2D eigenvalue weighted by Gasteiger charge is -2.05. The molecular formula is C18H13N5O3. The molecule has 0 aliphatic carbocycles. The predicted octanol–water partition coefficient (Wildman–Crippen LogP) is 2.72. The summed E-state index contributed by atoms with van der Waals surface area (Å²) < 4.78 is 1.44. The minimum Gasteiger partial charge on any atom is -0.320 e. The normalized spacial score (nSPS) is 10.2. The van der Waals surface area contributed by atoms with E-state index in [1.54, 1.807) is 31.2 Å². The van der Waals surface area contributed by atoms with Crippen LogP contribution in [-0.2, 0) is 0 Å². The standard InChI is InChI=1S/C18H13N5O3/c1-3-13-5-4-6-14(11-13)19-18(24)17-12(2)22(21-20-17)15-7-9-16(10-8-15)23(25)26/h1,4-11H,2H3,(H,19,24). The van der Waals surface area contributed by atoms with Gasteiger partial charge in [-0.1, -0.05) is 17.2 Å². The fraction of sp³-hybridized carbons (Fsp3) is 0.0556. The number of carbonyl (C=O) groups is 1. The molecule has 0 spiro atoms. The first-order valence-corrected chi connectivity index (χ1v) is 7.55. The van der Waals surface area contributed by atoms with Gasteiger partial charge in [0.2, 0.25) is 0 Å². The maximum atomic E-state index is 12.5. The van der Waals surface area contributed by atoms with Crippen LogP contribution < -0.4 is 5.32 Å². The SMILES string of the molecule is C#Cc1cccc(NC(=O)c2nnn(-c3ccc([N+](=O)[O-])cc3)c2C)c1. The van der Waals surface area contributed by atoms with Crippen LogP contribution in [0, 0.1) is 29.4 Å². The number of amides is 1. The Kier molecular flexibility index (Phi) is 4.45. The molecule has 0 radical (unpaired) electrons. The van der Waals surface area contributed by atoms with Crippen LogP contribution in [0.2, 0.25) is 0 Å². The maximum absolute atomic E-state index is 12.5. The van der Waals surface area contributed by atoms with E-state index >= 15 is 0 Å². The van der Waals surface area contributed by atoms with Gasteiger partial charge in [0, 0.05) is 23.4 Å². The van der Waals surface area contributed by atoms with Crippen molar-refractivity contribution in [3.05, 3.63) is 75.6 Å². The Morgan fingerprint density at radius 2 is 2.00 bits per heavy atom. The molecule has 0 aliphatic heterocycles. The van der Waals surface area contributed by atoms with Crippen LogP contribution in [0.15, 0.2) is 48.5 Å². The lowest BCUT2D eigenvalue weighted by molar-refractivity contribution is -0.384. The summed E-state index contributed by atoms with van der Waals surface area (Å²) in [6.45, 7) is 1.69. The van der Waals surface area contributed by atoms with Gasteiger partial charge < -0.3 is 5.32 Å². The number of nitro groups is 1. The molecule has 0 saturated heterocycles. The Labute approximate surface area is 148 Å². The number of nitrogens with zero attached hydrogens (tertiary/aromatic N) is 4. The molecule has 0 aliphatic rings. The van der Waals surface area contributed by atoms with Crippen LogP contribution in [0.25, 0.3) is 5.69 Å². The molecule has 1 heterocycles. The summed E-state index contributed by atoms with van der Waals surface area (Å²) in [5, 5.41) is 21.3. The van der Waals surface area contributed by atoms with Crippen molar-refractivity contribution in [3.63, 3.8) is 0 Å². The zero-order valence-corrected chi connectivity index (χ0v) is 13.7. The van der Waals surface area contributed by atoms with Gasteiger partial charge in [-0.25, -0.2) is 4.68 Å². The fourth-order valence-corrected chi connectivity index (χ4v) is 2.38. The van der Waals surface area contributed by atoms with Crippen molar-refractivity contribution in [2.24, 2.45) is 0 Å². The molecule has 1 aromatic heterocycles. The van der Waals surface area contributed by atoms with Crippen molar-refractivity contribution >= 4 is 17.3 Å². The van der Waals surface area contributed by atoms with Crippen molar-refractivity contribution < 1.29 is 9.72 Å². The molecule has 0 saturated carbocycles. The van der Waals surface area contributed by atoms with Crippen LogP contribution >= 0.6 is 0 Å². The fourth-order valence-electron chi connectivity index (χ4n) is 2.38. The first-order chi connectivity index (χ1) is 12.5. The summed E-state index contributed by atoms with van der Waals surface area (Å²) in [7, 11) is 0. The molecule has 128 valence electrons. The van der Waals surface area contributed by atoms with E-state index in [9.17, 15) is 14.9 Å². The quantitative estimate of drug-likeness (QED) is 0.444. The first kappa shape index (κ1) is 16.9. The van der Waals surface area contributed by atoms with Crippen molar-refractivity contribution in [2.45, 2.75) is 6.92 Å². The number of aromatic nitrogens is 3. The molecule has 0 atom stereocenters. The van der Waals surface area contributed by atoms with E-state index in [0.29, 0.717) is 22.6 Å². The summed E-state index contributed by atoms with van der Waals surface area (Å²) >= 11 is 0. The predicted molar refractivity (Wildman–Crippen MR) is 95.1 cm³/mol. The van der Waals surface area contributed by atoms with Crippen LogP contribution in [0.5, 0.6) is 0 Å². The van der Waals surface area contributed by atoms with E-state index < -0.39 is 10.8 Å². The average Bonchev–Trinajstić information content (AvgIpc) is 3.03. The van der Waals surface area contributed by atoms with Gasteiger partial charge in [0.15, 0.2) is 5.69 Å². The number of nitrogens with one attached hydrogen (secondary N) is 1. The van der Waals surface area contributed by atoms with E-state index in [1.165, 1.54) is 28.9 Å². The number of anilines is 1. The van der Waals surface area contributed by atoms with E-state index in [2.05, 4.69) is 21.5 Å². The Bertz CT molecular complexity index is 1030. The largest absolute Gasteiger partial charge is 0.320 e. The Morgan fingerprint density at radius 1 is 1.27 bits per heavy atom. The molecule has 0 unspecified atom stereocenters. The number of carbonyl (C=O) groups excluding carboxylic acids is 1. The summed E-state index contributed by atoms with van der Waals surface area (Å²) in [6, 6.07) is 12.7. The van der Waals surface area contributed by atoms with Crippen molar-refractivity contribution in [3.8, 4) is 18.0 Å². The van der Waals surface area contributed by atoms with Gasteiger partial charge in [-0.05, 0) is 37.3 Å². The van der Waals surface area contributed by atoms with Crippen LogP contribution in [-0.4, -0.2) is 25.8 Å². The lowest BCUT2D eigenvalue weighted by atomic mass is 10.2. The highest BCUT2D eigenvalue weighted by Gasteiger charge is 2.18. The van der Waals surface area contributed by atoms with E-state index in [0.717, 1.165) is 0 Å². The van der Waals surface area contributed by atoms with Crippen molar-refractivity contribution in [1.29, 1.82) is 0 Å². The summed E-state index contributed by atoms with van der Waals surface area (Å²) in [4.78, 5) is 22.7. The van der Waals surface area contributed by atoms with Crippen molar-refractivity contribution in [2.75, 3.05) is 5.32 Å². The Hall–Kier alpha value is -3.99. The molecule has 1 N–H and O–H groups in total. The van der Waals surface area contributed by atoms with Gasteiger partial charge in [-0.3, -0.25) is 14.9 Å². The summed E-state index contributed by atoms with van der Waals surface area (Å²) in [5.41, 5.74) is 2.38. The maximum Gasteiger partial charge on any atom is 0.278 e. The zero-order chi connectivity index (χ0) is 18.7. The van der Waals surface area contributed by atoms with Crippen LogP contribution in [0.1, 0.15) is 21.7 Å². The third kappa shape index (κ3) is 3.27. The van der Waals surface area contributed by atoms with E-state index in [1.807, 2.05) is 0 Å². The Balaban J connectivity index is 1.85. The van der Waals surface area contributed by atoms with Gasteiger partial charge in [-0.2, -0.15) is 0 Å². The van der Waals surface area contributed by atoms with Crippen LogP contribution in [0.4, 0.5) is 11.4 Å². The topological polar surface area (TPSA) is 103 Å². The van der Waals surface area contributed by atoms with Gasteiger partial charge in [-0.15, -0.1) is 11.5 Å². The first-order valence-electron chi connectivity index (χ1n) is 7.55. The summed E-state index contributed by atoms with van der Waals surface area (Å²) in [6.07, 6.45) is 5.35. The molecule has 0 bridgehead atoms. The highest BCUT2D eigenvalue weighted by atomic mass is 16.6. The zero-order valence-electron chi connectivity index (χ0n) is 13.7. The number of non-ortho nitro benzene ring substituents is 1. The molecule has 3 aromatic rings. The molecular weight excluding hydrogens is 334 g/mol. The molecule has 2 aromatic carbocycles. The third-order valence-corrected chi connectivity index (χ3v) is 3.70. The van der Waals surface area contributed by atoms with Crippen LogP contribution in [0.3, 0.4) is 0 Å². The minimum atomic E-state index is -0.485. The monoisotopic (exact) mass is 347 g/mol. The molecule has 8 heteroatoms. The third-order valence-electron chi connectivity index (χ3n) is 3.70. The molecule has 8 nitrogen and oxygen atoms in total. The number of benzene rings is 2. The van der Waals surface area contributed by atoms with Gasteiger partial charge in [0.05, 0.1) is 16.3 Å². The van der Waals surface area contributed by atoms with Gasteiger partial charge in [0.25, 0.3) is 11.6 Å². The van der Waals surface area contributed by atoms with Gasteiger partial charge in [0.1, 0.15) is 0 Å². The minimum absolute atomic E-state index is 0.0297. The van der Waals surface area contributed by atoms with E-state index in [-0.39, 0.29) is 11.4 Å². The smallest absolute Gasteiger partial charge is 0.278 e. The second-order valence-corrected chi connectivity index (χ2v) is 5.39. The second kappa shape index (κ2) is 6.86. The average molecular weight is 347 g/mol. The highest BCUT2D eigenvalue weighted by molar-refractivity contribution is 6.03. The number of terminal acetylenes is 1. The van der Waals surface area contributed by atoms with Gasteiger partial charge >= 0.3 is 0 Å². The molecule has 3 rings (SSSR count). The molecule has 26 heavy (non-hydrogen) atoms. The molecule has 0 fully saturated rings.